The SMILES string of the molecule is CCc1ccc(-c2ccc(C)cc2C)cc1-c1cc(-c2ccc(C)cc2C)ccc1C. The molecule has 0 amide bonds. The molecule has 4 aromatic rings. The van der Waals surface area contributed by atoms with Gasteiger partial charge in [0.25, 0.3) is 0 Å². The summed E-state index contributed by atoms with van der Waals surface area (Å²) in [5.74, 6) is 0. The number of benzene rings is 4. The zero-order valence-corrected chi connectivity index (χ0v) is 19.6. The van der Waals surface area contributed by atoms with E-state index in [0.29, 0.717) is 0 Å². The summed E-state index contributed by atoms with van der Waals surface area (Å²) in [4.78, 5) is 0. The topological polar surface area (TPSA) is 0 Å². The molecule has 0 aromatic heterocycles. The van der Waals surface area contributed by atoms with Gasteiger partial charge in [-0.25, -0.2) is 0 Å². The fourth-order valence-corrected chi connectivity index (χ4v) is 4.66. The Balaban J connectivity index is 1.88. The molecule has 0 heterocycles. The molecule has 0 nitrogen and oxygen atoms in total. The molecule has 0 N–H and O–H groups in total. The van der Waals surface area contributed by atoms with Gasteiger partial charge in [0.15, 0.2) is 0 Å². The van der Waals surface area contributed by atoms with E-state index in [1.807, 2.05) is 0 Å². The fourth-order valence-electron chi connectivity index (χ4n) is 4.66. The molecule has 0 radical (unpaired) electrons. The van der Waals surface area contributed by atoms with E-state index in [1.54, 1.807) is 0 Å². The number of hydrogen-bond donors (Lipinski definition) is 0. The standard InChI is InChI=1S/C31H32/c1-7-25-12-13-27(29-15-9-21(3)17-24(29)6)19-31(25)30-18-26(11-10-22(30)4)28-14-8-20(2)16-23(28)5/h8-19H,7H2,1-6H3. The van der Waals surface area contributed by atoms with Crippen molar-refractivity contribution in [2.75, 3.05) is 0 Å². The molecule has 0 saturated heterocycles. The maximum absolute atomic E-state index is 2.39. The summed E-state index contributed by atoms with van der Waals surface area (Å²) in [6, 6.07) is 27.4. The highest BCUT2D eigenvalue weighted by Gasteiger charge is 2.12. The molecule has 0 heteroatoms. The lowest BCUT2D eigenvalue weighted by atomic mass is 9.88. The molecule has 0 fully saturated rings. The van der Waals surface area contributed by atoms with Crippen LogP contribution in [-0.4, -0.2) is 0 Å². The summed E-state index contributed by atoms with van der Waals surface area (Å²) in [7, 11) is 0. The van der Waals surface area contributed by atoms with Crippen molar-refractivity contribution in [3.8, 4) is 33.4 Å². The van der Waals surface area contributed by atoms with Crippen LogP contribution in [0.5, 0.6) is 0 Å². The van der Waals surface area contributed by atoms with Crippen molar-refractivity contribution < 1.29 is 0 Å². The minimum Gasteiger partial charge on any atom is -0.0613 e. The van der Waals surface area contributed by atoms with Crippen LogP contribution in [0.1, 0.15) is 40.3 Å². The van der Waals surface area contributed by atoms with Gasteiger partial charge in [-0.05, 0) is 109 Å². The zero-order chi connectivity index (χ0) is 22.1. The monoisotopic (exact) mass is 404 g/mol. The number of rotatable bonds is 4. The molecule has 0 aliphatic rings. The van der Waals surface area contributed by atoms with Crippen LogP contribution in [-0.2, 0) is 6.42 Å². The maximum atomic E-state index is 2.39. The summed E-state index contributed by atoms with van der Waals surface area (Å²) in [6.07, 6.45) is 1.02. The Morgan fingerprint density at radius 1 is 0.452 bits per heavy atom. The third-order valence-electron chi connectivity index (χ3n) is 6.40. The predicted molar refractivity (Wildman–Crippen MR) is 136 cm³/mol. The minimum atomic E-state index is 1.02. The third-order valence-corrected chi connectivity index (χ3v) is 6.40. The van der Waals surface area contributed by atoms with E-state index < -0.39 is 0 Å². The predicted octanol–water partition coefficient (Wildman–Crippen LogP) is 8.79. The van der Waals surface area contributed by atoms with Gasteiger partial charge in [0.2, 0.25) is 0 Å². The molecule has 0 spiro atoms. The molecule has 0 atom stereocenters. The Hall–Kier alpha value is -3.12. The van der Waals surface area contributed by atoms with Gasteiger partial charge in [-0.1, -0.05) is 78.7 Å². The Morgan fingerprint density at radius 3 is 1.48 bits per heavy atom. The highest BCUT2D eigenvalue weighted by molar-refractivity contribution is 5.82. The summed E-state index contributed by atoms with van der Waals surface area (Å²) in [6.45, 7) is 13.2. The Kier molecular flexibility index (Phi) is 5.83. The van der Waals surface area contributed by atoms with Gasteiger partial charge in [-0.3, -0.25) is 0 Å². The molecule has 0 bridgehead atoms. The lowest BCUT2D eigenvalue weighted by Gasteiger charge is -2.17. The van der Waals surface area contributed by atoms with Crippen LogP contribution in [0.25, 0.3) is 33.4 Å². The summed E-state index contributed by atoms with van der Waals surface area (Å²) >= 11 is 0. The van der Waals surface area contributed by atoms with Crippen LogP contribution >= 0.6 is 0 Å². The lowest BCUT2D eigenvalue weighted by Crippen LogP contribution is -1.94. The molecule has 4 rings (SSSR count). The van der Waals surface area contributed by atoms with Crippen molar-refractivity contribution in [2.45, 2.75) is 48.0 Å². The second-order valence-electron chi connectivity index (χ2n) is 8.89. The quantitative estimate of drug-likeness (QED) is 0.319. The summed E-state index contributed by atoms with van der Waals surface area (Å²) in [5.41, 5.74) is 15.9. The average molecular weight is 405 g/mol. The van der Waals surface area contributed by atoms with Crippen LogP contribution in [0.4, 0.5) is 0 Å². The van der Waals surface area contributed by atoms with Crippen molar-refractivity contribution >= 4 is 0 Å². The van der Waals surface area contributed by atoms with E-state index in [-0.39, 0.29) is 0 Å². The Morgan fingerprint density at radius 2 is 0.968 bits per heavy atom. The molecule has 0 saturated carbocycles. The number of hydrogen-bond acceptors (Lipinski definition) is 0. The lowest BCUT2D eigenvalue weighted by molar-refractivity contribution is 1.14. The van der Waals surface area contributed by atoms with Crippen LogP contribution in [0.3, 0.4) is 0 Å². The van der Waals surface area contributed by atoms with Crippen LogP contribution < -0.4 is 0 Å². The van der Waals surface area contributed by atoms with E-state index in [0.717, 1.165) is 6.42 Å². The second kappa shape index (κ2) is 8.55. The maximum Gasteiger partial charge on any atom is -0.0143 e. The number of aryl methyl sites for hydroxylation is 6. The van der Waals surface area contributed by atoms with Gasteiger partial charge in [-0.2, -0.15) is 0 Å². The highest BCUT2D eigenvalue weighted by atomic mass is 14.2. The van der Waals surface area contributed by atoms with Crippen LogP contribution in [0, 0.1) is 34.6 Å². The summed E-state index contributed by atoms with van der Waals surface area (Å²) in [5, 5.41) is 0. The first-order chi connectivity index (χ1) is 14.9. The average Bonchev–Trinajstić information content (AvgIpc) is 2.74. The van der Waals surface area contributed by atoms with Gasteiger partial charge >= 0.3 is 0 Å². The minimum absolute atomic E-state index is 1.02. The first kappa shape index (κ1) is 21.1. The normalized spacial score (nSPS) is 11.0. The third kappa shape index (κ3) is 4.21. The molecular formula is C31H32. The fraction of sp³-hybridized carbons (Fsp3) is 0.226. The molecule has 0 aliphatic carbocycles. The van der Waals surface area contributed by atoms with Gasteiger partial charge in [0.05, 0.1) is 0 Å². The molecule has 4 aromatic carbocycles. The first-order valence-corrected chi connectivity index (χ1v) is 11.3. The van der Waals surface area contributed by atoms with Crippen LogP contribution in [0.2, 0.25) is 0 Å². The Bertz CT molecular complexity index is 1260. The molecule has 0 unspecified atom stereocenters. The van der Waals surface area contributed by atoms with Crippen molar-refractivity contribution in [3.63, 3.8) is 0 Å². The van der Waals surface area contributed by atoms with Crippen molar-refractivity contribution in [1.82, 2.24) is 0 Å². The molecule has 31 heavy (non-hydrogen) atoms. The van der Waals surface area contributed by atoms with Gasteiger partial charge in [0, 0.05) is 0 Å². The smallest absolute Gasteiger partial charge is 0.0143 e. The largest absolute Gasteiger partial charge is 0.0613 e. The first-order valence-electron chi connectivity index (χ1n) is 11.3. The van der Waals surface area contributed by atoms with Gasteiger partial charge in [-0.15, -0.1) is 0 Å². The van der Waals surface area contributed by atoms with Gasteiger partial charge < -0.3 is 0 Å². The molecule has 156 valence electrons. The van der Waals surface area contributed by atoms with Crippen molar-refractivity contribution in [3.05, 3.63) is 106 Å². The van der Waals surface area contributed by atoms with E-state index in [1.165, 1.54) is 66.8 Å². The van der Waals surface area contributed by atoms with E-state index in [9.17, 15) is 0 Å². The Labute approximate surface area is 187 Å². The van der Waals surface area contributed by atoms with Crippen molar-refractivity contribution in [2.24, 2.45) is 0 Å². The van der Waals surface area contributed by atoms with Crippen LogP contribution in [0.15, 0.2) is 72.8 Å². The highest BCUT2D eigenvalue weighted by Crippen LogP contribution is 2.36. The van der Waals surface area contributed by atoms with Gasteiger partial charge in [0.1, 0.15) is 0 Å². The zero-order valence-electron chi connectivity index (χ0n) is 19.6. The van der Waals surface area contributed by atoms with E-state index in [2.05, 4.69) is 114 Å². The molecular weight excluding hydrogens is 372 g/mol. The summed E-state index contributed by atoms with van der Waals surface area (Å²) < 4.78 is 0. The second-order valence-corrected chi connectivity index (χ2v) is 8.89. The molecule has 0 aliphatic heterocycles. The van der Waals surface area contributed by atoms with E-state index in [4.69, 9.17) is 0 Å². The van der Waals surface area contributed by atoms with Crippen molar-refractivity contribution in [1.29, 1.82) is 0 Å². The van der Waals surface area contributed by atoms with E-state index >= 15 is 0 Å².